The highest BCUT2D eigenvalue weighted by Crippen LogP contribution is 2.42. The summed E-state index contributed by atoms with van der Waals surface area (Å²) < 4.78 is 38.2. The number of nitrogens with zero attached hydrogens (tertiary/aromatic N) is 1. The van der Waals surface area contributed by atoms with Crippen molar-refractivity contribution in [2.45, 2.75) is 37.4 Å². The summed E-state index contributed by atoms with van der Waals surface area (Å²) >= 11 is 1.23. The van der Waals surface area contributed by atoms with Crippen LogP contribution in [0.3, 0.4) is 0 Å². The van der Waals surface area contributed by atoms with Gasteiger partial charge in [-0.2, -0.15) is 13.2 Å². The van der Waals surface area contributed by atoms with Crippen molar-refractivity contribution < 1.29 is 22.8 Å². The van der Waals surface area contributed by atoms with Gasteiger partial charge in [0, 0.05) is 23.5 Å². The maximum absolute atomic E-state index is 12.8. The minimum atomic E-state index is -4.40. The highest BCUT2D eigenvalue weighted by Gasteiger charge is 2.30. The number of anilines is 1. The predicted molar refractivity (Wildman–Crippen MR) is 112 cm³/mol. The lowest BCUT2D eigenvalue weighted by molar-refractivity contribution is -0.137. The van der Waals surface area contributed by atoms with Crippen molar-refractivity contribution in [3.63, 3.8) is 0 Å². The average Bonchev–Trinajstić information content (AvgIpc) is 2.71. The quantitative estimate of drug-likeness (QED) is 0.661. The van der Waals surface area contributed by atoms with Crippen molar-refractivity contribution in [3.8, 4) is 0 Å². The SMILES string of the molecule is CCC(C)NC(=O)c1ccc2c(c1)N(C)C(=O)/C(=C/c1ccc(C(F)(F)F)cc1)S2. The average molecular weight is 434 g/mol. The number of rotatable bonds is 4. The number of benzene rings is 2. The van der Waals surface area contributed by atoms with Gasteiger partial charge in [0.1, 0.15) is 0 Å². The number of fused-ring (bicyclic) bond motifs is 1. The molecule has 4 nitrogen and oxygen atoms in total. The molecule has 1 aliphatic rings. The molecule has 8 heteroatoms. The Bertz CT molecular complexity index is 1000. The van der Waals surface area contributed by atoms with E-state index in [0.29, 0.717) is 21.7 Å². The first-order valence-electron chi connectivity index (χ1n) is 9.40. The van der Waals surface area contributed by atoms with Gasteiger partial charge in [0.15, 0.2) is 0 Å². The largest absolute Gasteiger partial charge is 0.416 e. The number of carbonyl (C=O) groups is 2. The molecule has 2 aromatic rings. The summed E-state index contributed by atoms with van der Waals surface area (Å²) in [5.41, 5.74) is 0.842. The van der Waals surface area contributed by atoms with E-state index >= 15 is 0 Å². The molecule has 0 bridgehead atoms. The van der Waals surface area contributed by atoms with E-state index in [0.717, 1.165) is 23.4 Å². The molecule has 1 aliphatic heterocycles. The smallest absolute Gasteiger partial charge is 0.350 e. The van der Waals surface area contributed by atoms with Gasteiger partial charge in [-0.1, -0.05) is 30.8 Å². The lowest BCUT2D eigenvalue weighted by atomic mass is 10.1. The van der Waals surface area contributed by atoms with Gasteiger partial charge in [-0.15, -0.1) is 0 Å². The van der Waals surface area contributed by atoms with Crippen LogP contribution in [0, 0.1) is 0 Å². The molecule has 1 N–H and O–H groups in total. The number of thioether (sulfide) groups is 1. The third kappa shape index (κ3) is 4.70. The number of carbonyl (C=O) groups excluding carboxylic acids is 2. The summed E-state index contributed by atoms with van der Waals surface area (Å²) in [7, 11) is 1.61. The van der Waals surface area contributed by atoms with E-state index in [1.165, 1.54) is 28.8 Å². The summed E-state index contributed by atoms with van der Waals surface area (Å²) in [5.74, 6) is -0.490. The van der Waals surface area contributed by atoms with Gasteiger partial charge in [-0.05, 0) is 55.3 Å². The van der Waals surface area contributed by atoms with Gasteiger partial charge in [0.25, 0.3) is 11.8 Å². The van der Waals surface area contributed by atoms with Crippen molar-refractivity contribution in [1.29, 1.82) is 0 Å². The van der Waals surface area contributed by atoms with Crippen molar-refractivity contribution in [1.82, 2.24) is 5.32 Å². The highest BCUT2D eigenvalue weighted by molar-refractivity contribution is 8.04. The molecule has 0 spiro atoms. The molecule has 1 unspecified atom stereocenters. The van der Waals surface area contributed by atoms with Crippen LogP contribution in [0.4, 0.5) is 18.9 Å². The van der Waals surface area contributed by atoms with E-state index < -0.39 is 11.7 Å². The number of amides is 2. The molecule has 0 aliphatic carbocycles. The van der Waals surface area contributed by atoms with Crippen LogP contribution in [-0.2, 0) is 11.0 Å². The molecule has 0 saturated heterocycles. The fourth-order valence-corrected chi connectivity index (χ4v) is 3.96. The summed E-state index contributed by atoms with van der Waals surface area (Å²) in [4.78, 5) is 27.8. The van der Waals surface area contributed by atoms with Crippen LogP contribution in [0.2, 0.25) is 0 Å². The molecule has 0 fully saturated rings. The van der Waals surface area contributed by atoms with Crippen LogP contribution in [0.15, 0.2) is 52.3 Å². The third-order valence-electron chi connectivity index (χ3n) is 4.84. The second kappa shape index (κ2) is 8.55. The van der Waals surface area contributed by atoms with Crippen LogP contribution in [0.5, 0.6) is 0 Å². The van der Waals surface area contributed by atoms with E-state index in [9.17, 15) is 22.8 Å². The summed E-state index contributed by atoms with van der Waals surface area (Å²) in [6.45, 7) is 3.89. The zero-order valence-corrected chi connectivity index (χ0v) is 17.5. The number of hydrogen-bond acceptors (Lipinski definition) is 3. The molecule has 0 aromatic heterocycles. The number of nitrogens with one attached hydrogen (secondary N) is 1. The van der Waals surface area contributed by atoms with Crippen molar-refractivity contribution >= 4 is 35.3 Å². The predicted octanol–water partition coefficient (Wildman–Crippen LogP) is 5.34. The monoisotopic (exact) mass is 434 g/mol. The van der Waals surface area contributed by atoms with Crippen LogP contribution in [0.1, 0.15) is 41.8 Å². The number of alkyl halides is 3. The van der Waals surface area contributed by atoms with Crippen LogP contribution in [0.25, 0.3) is 6.08 Å². The first-order valence-corrected chi connectivity index (χ1v) is 10.2. The first kappa shape index (κ1) is 22.0. The van der Waals surface area contributed by atoms with Gasteiger partial charge in [0.2, 0.25) is 0 Å². The van der Waals surface area contributed by atoms with Gasteiger partial charge >= 0.3 is 6.18 Å². The van der Waals surface area contributed by atoms with Crippen LogP contribution in [-0.4, -0.2) is 24.9 Å². The van der Waals surface area contributed by atoms with Gasteiger partial charge in [0.05, 0.1) is 16.2 Å². The summed E-state index contributed by atoms with van der Waals surface area (Å²) in [6, 6.07) is 9.84. The van der Waals surface area contributed by atoms with Crippen LogP contribution < -0.4 is 10.2 Å². The minimum Gasteiger partial charge on any atom is -0.350 e. The number of halogens is 3. The molecule has 1 atom stereocenters. The standard InChI is InChI=1S/C22H21F3N2O2S/c1-4-13(2)26-20(28)15-7-10-18-17(12-15)27(3)21(29)19(30-18)11-14-5-8-16(9-6-14)22(23,24)25/h5-13H,4H2,1-3H3,(H,26,28)/b19-11-. The van der Waals surface area contributed by atoms with E-state index in [2.05, 4.69) is 5.32 Å². The summed E-state index contributed by atoms with van der Waals surface area (Å²) in [5, 5.41) is 2.89. The number of likely N-dealkylation sites (N-methyl/N-ethyl adjacent to an activating group) is 1. The number of hydrogen-bond donors (Lipinski definition) is 1. The maximum Gasteiger partial charge on any atom is 0.416 e. The first-order chi connectivity index (χ1) is 14.1. The van der Waals surface area contributed by atoms with Gasteiger partial charge < -0.3 is 10.2 Å². The second-order valence-electron chi connectivity index (χ2n) is 7.06. The Kier molecular flexibility index (Phi) is 6.26. The Morgan fingerprint density at radius 3 is 2.47 bits per heavy atom. The fourth-order valence-electron chi connectivity index (χ4n) is 2.86. The molecular weight excluding hydrogens is 413 g/mol. The Balaban J connectivity index is 1.86. The molecule has 0 saturated carbocycles. The lowest BCUT2D eigenvalue weighted by Crippen LogP contribution is -2.33. The second-order valence-corrected chi connectivity index (χ2v) is 8.14. The van der Waals surface area contributed by atoms with Crippen LogP contribution >= 0.6 is 11.8 Å². The molecule has 2 amide bonds. The molecule has 1 heterocycles. The maximum atomic E-state index is 12.8. The van der Waals surface area contributed by atoms with Gasteiger partial charge in [-0.3, -0.25) is 9.59 Å². The van der Waals surface area contributed by atoms with E-state index in [1.54, 1.807) is 31.3 Å². The molecular formula is C22H21F3N2O2S. The Morgan fingerprint density at radius 1 is 1.20 bits per heavy atom. The fraction of sp³-hybridized carbons (Fsp3) is 0.273. The van der Waals surface area contributed by atoms with Gasteiger partial charge in [-0.25, -0.2) is 0 Å². The topological polar surface area (TPSA) is 49.4 Å². The Labute approximate surface area is 177 Å². The molecule has 158 valence electrons. The molecule has 3 rings (SSSR count). The van der Waals surface area contributed by atoms with Crippen molar-refractivity contribution in [2.75, 3.05) is 11.9 Å². The zero-order valence-electron chi connectivity index (χ0n) is 16.7. The third-order valence-corrected chi connectivity index (χ3v) is 5.92. The zero-order chi connectivity index (χ0) is 22.1. The molecule has 30 heavy (non-hydrogen) atoms. The molecule has 0 radical (unpaired) electrons. The van der Waals surface area contributed by atoms with E-state index in [-0.39, 0.29) is 17.9 Å². The summed E-state index contributed by atoms with van der Waals surface area (Å²) in [6.07, 6.45) is -2.03. The normalized spacial score (nSPS) is 16.4. The van der Waals surface area contributed by atoms with E-state index in [1.807, 2.05) is 13.8 Å². The minimum absolute atomic E-state index is 0.0422. The lowest BCUT2D eigenvalue weighted by Gasteiger charge is -2.27. The Morgan fingerprint density at radius 2 is 1.87 bits per heavy atom. The molecule has 2 aromatic carbocycles. The van der Waals surface area contributed by atoms with Crippen molar-refractivity contribution in [3.05, 3.63) is 64.1 Å². The van der Waals surface area contributed by atoms with E-state index in [4.69, 9.17) is 0 Å². The van der Waals surface area contributed by atoms with Crippen molar-refractivity contribution in [2.24, 2.45) is 0 Å². The highest BCUT2D eigenvalue weighted by atomic mass is 32.2. The Hall–Kier alpha value is -2.74.